The fourth-order valence-corrected chi connectivity index (χ4v) is 1.13. The molecule has 0 fully saturated rings. The molecule has 0 amide bonds. The number of nitrogens with zero attached hydrogens (tertiary/aromatic N) is 1. The lowest BCUT2D eigenvalue weighted by molar-refractivity contribution is -0.103. The third kappa shape index (κ3) is 1.26. The molecule has 2 aromatic rings. The van der Waals surface area contributed by atoms with Crippen molar-refractivity contribution in [1.82, 2.24) is 4.98 Å². The molecule has 0 aliphatic rings. The fraction of sp³-hybridized carbons (Fsp3) is 0. The highest BCUT2D eigenvalue weighted by molar-refractivity contribution is 6.04. The molecular formula is C10H7NO3. The first-order valence-corrected chi connectivity index (χ1v) is 4.00. The van der Waals surface area contributed by atoms with E-state index >= 15 is 0 Å². The van der Waals surface area contributed by atoms with E-state index in [1.54, 1.807) is 18.2 Å². The first kappa shape index (κ1) is 8.50. The second-order valence-electron chi connectivity index (χ2n) is 2.69. The van der Waals surface area contributed by atoms with Gasteiger partial charge in [0.25, 0.3) is 0 Å². The SMILES string of the molecule is O=C/C(=C/O)c1nc2ccccc2o1. The monoisotopic (exact) mass is 189 g/mol. The number of aliphatic hydroxyl groups excluding tert-OH is 1. The van der Waals surface area contributed by atoms with Crippen molar-refractivity contribution >= 4 is 23.0 Å². The molecule has 1 aromatic heterocycles. The fourth-order valence-electron chi connectivity index (χ4n) is 1.13. The highest BCUT2D eigenvalue weighted by Gasteiger charge is 2.09. The third-order valence-electron chi connectivity index (χ3n) is 1.81. The van der Waals surface area contributed by atoms with Crippen LogP contribution in [0.25, 0.3) is 16.7 Å². The first-order chi connectivity index (χ1) is 6.85. The van der Waals surface area contributed by atoms with Crippen LogP contribution in [0.15, 0.2) is 34.9 Å². The minimum atomic E-state index is 0.0289. The van der Waals surface area contributed by atoms with Crippen molar-refractivity contribution in [2.45, 2.75) is 0 Å². The van der Waals surface area contributed by atoms with Crippen molar-refractivity contribution in [3.8, 4) is 0 Å². The minimum absolute atomic E-state index is 0.0289. The number of aromatic nitrogens is 1. The molecule has 0 bridgehead atoms. The van der Waals surface area contributed by atoms with Gasteiger partial charge in [0, 0.05) is 0 Å². The highest BCUT2D eigenvalue weighted by Crippen LogP contribution is 2.18. The number of oxazole rings is 1. The third-order valence-corrected chi connectivity index (χ3v) is 1.81. The van der Waals surface area contributed by atoms with E-state index in [-0.39, 0.29) is 11.5 Å². The number of aldehydes is 1. The Morgan fingerprint density at radius 1 is 1.43 bits per heavy atom. The van der Waals surface area contributed by atoms with Crippen LogP contribution in [0.4, 0.5) is 0 Å². The number of fused-ring (bicyclic) bond motifs is 1. The topological polar surface area (TPSA) is 63.3 Å². The Balaban J connectivity index is 2.60. The Morgan fingerprint density at radius 3 is 2.86 bits per heavy atom. The molecule has 0 spiro atoms. The largest absolute Gasteiger partial charge is 0.515 e. The molecule has 1 heterocycles. The molecule has 70 valence electrons. The Labute approximate surface area is 79.5 Å². The lowest BCUT2D eigenvalue weighted by atomic mass is 10.3. The van der Waals surface area contributed by atoms with Crippen LogP contribution in [-0.4, -0.2) is 16.4 Å². The molecule has 0 aliphatic heterocycles. The van der Waals surface area contributed by atoms with Gasteiger partial charge in [-0.2, -0.15) is 0 Å². The van der Waals surface area contributed by atoms with Gasteiger partial charge in [0.05, 0.1) is 6.26 Å². The Morgan fingerprint density at radius 2 is 2.21 bits per heavy atom. The number of para-hydroxylation sites is 2. The quantitative estimate of drug-likeness (QED) is 0.445. The molecule has 0 saturated heterocycles. The zero-order chi connectivity index (χ0) is 9.97. The molecule has 0 aliphatic carbocycles. The van der Waals surface area contributed by atoms with Crippen molar-refractivity contribution in [1.29, 1.82) is 0 Å². The summed E-state index contributed by atoms with van der Waals surface area (Å²) in [5.74, 6) is 0.128. The standard InChI is InChI=1S/C10H7NO3/c12-5-7(6-13)10-11-8-3-1-2-4-9(8)14-10/h1-6,12H/b7-5-. The predicted octanol–water partition coefficient (Wildman–Crippen LogP) is 1.93. The van der Waals surface area contributed by atoms with Crippen LogP contribution in [0.1, 0.15) is 5.89 Å². The maximum Gasteiger partial charge on any atom is 0.233 e. The summed E-state index contributed by atoms with van der Waals surface area (Å²) in [5.41, 5.74) is 1.27. The minimum Gasteiger partial charge on any atom is -0.515 e. The zero-order valence-electron chi connectivity index (χ0n) is 7.18. The number of hydrogen-bond donors (Lipinski definition) is 1. The molecule has 4 heteroatoms. The zero-order valence-corrected chi connectivity index (χ0v) is 7.18. The average molecular weight is 189 g/mol. The summed E-state index contributed by atoms with van der Waals surface area (Å²) in [6, 6.07) is 7.13. The summed E-state index contributed by atoms with van der Waals surface area (Å²) in [6.45, 7) is 0. The van der Waals surface area contributed by atoms with Crippen LogP contribution < -0.4 is 0 Å². The molecule has 1 aromatic carbocycles. The number of carbonyl (C=O) groups excluding carboxylic acids is 1. The number of aliphatic hydroxyl groups is 1. The van der Waals surface area contributed by atoms with Crippen LogP contribution in [0.5, 0.6) is 0 Å². The van der Waals surface area contributed by atoms with E-state index in [9.17, 15) is 4.79 Å². The first-order valence-electron chi connectivity index (χ1n) is 4.00. The number of benzene rings is 1. The van der Waals surface area contributed by atoms with Crippen molar-refractivity contribution in [3.63, 3.8) is 0 Å². The molecule has 0 atom stereocenters. The summed E-state index contributed by atoms with van der Waals surface area (Å²) < 4.78 is 5.24. The van der Waals surface area contributed by atoms with Gasteiger partial charge in [-0.25, -0.2) is 4.98 Å². The van der Waals surface area contributed by atoms with Crippen LogP contribution in [0.3, 0.4) is 0 Å². The summed E-state index contributed by atoms with van der Waals surface area (Å²) >= 11 is 0. The number of hydrogen-bond acceptors (Lipinski definition) is 4. The van der Waals surface area contributed by atoms with E-state index in [1.165, 1.54) is 0 Å². The van der Waals surface area contributed by atoms with Gasteiger partial charge in [-0.1, -0.05) is 12.1 Å². The predicted molar refractivity (Wildman–Crippen MR) is 50.7 cm³/mol. The summed E-state index contributed by atoms with van der Waals surface area (Å²) in [7, 11) is 0. The summed E-state index contributed by atoms with van der Waals surface area (Å²) in [5, 5.41) is 8.71. The summed E-state index contributed by atoms with van der Waals surface area (Å²) in [6.07, 6.45) is 1.17. The molecule has 0 radical (unpaired) electrons. The van der Waals surface area contributed by atoms with Crippen LogP contribution in [-0.2, 0) is 4.79 Å². The molecule has 1 N–H and O–H groups in total. The van der Waals surface area contributed by atoms with E-state index in [0.29, 0.717) is 23.6 Å². The molecular weight excluding hydrogens is 182 g/mol. The van der Waals surface area contributed by atoms with Crippen LogP contribution in [0.2, 0.25) is 0 Å². The van der Waals surface area contributed by atoms with Crippen molar-refractivity contribution in [3.05, 3.63) is 36.4 Å². The lowest BCUT2D eigenvalue weighted by Gasteiger charge is -1.86. The van der Waals surface area contributed by atoms with Crippen LogP contribution in [0, 0.1) is 0 Å². The number of rotatable bonds is 2. The smallest absolute Gasteiger partial charge is 0.233 e. The molecule has 2 rings (SSSR count). The lowest BCUT2D eigenvalue weighted by Crippen LogP contribution is -1.84. The average Bonchev–Trinajstić information content (AvgIpc) is 2.63. The van der Waals surface area contributed by atoms with E-state index in [0.717, 1.165) is 0 Å². The van der Waals surface area contributed by atoms with Crippen molar-refractivity contribution in [2.75, 3.05) is 0 Å². The Kier molecular flexibility index (Phi) is 2.02. The Bertz CT molecular complexity index is 466. The highest BCUT2D eigenvalue weighted by atomic mass is 16.3. The van der Waals surface area contributed by atoms with Gasteiger partial charge in [0.15, 0.2) is 11.9 Å². The van der Waals surface area contributed by atoms with Gasteiger partial charge in [-0.3, -0.25) is 4.79 Å². The van der Waals surface area contributed by atoms with E-state index in [4.69, 9.17) is 9.52 Å². The normalized spacial score (nSPS) is 11.9. The maximum absolute atomic E-state index is 10.5. The van der Waals surface area contributed by atoms with Crippen molar-refractivity contribution in [2.24, 2.45) is 0 Å². The Hall–Kier alpha value is -2.10. The summed E-state index contributed by atoms with van der Waals surface area (Å²) in [4.78, 5) is 14.5. The van der Waals surface area contributed by atoms with Crippen molar-refractivity contribution < 1.29 is 14.3 Å². The molecule has 4 nitrogen and oxygen atoms in total. The van der Waals surface area contributed by atoms with Gasteiger partial charge in [0.1, 0.15) is 11.1 Å². The molecule has 0 unspecified atom stereocenters. The molecule has 14 heavy (non-hydrogen) atoms. The second kappa shape index (κ2) is 3.33. The maximum atomic E-state index is 10.5. The van der Waals surface area contributed by atoms with E-state index < -0.39 is 0 Å². The molecule has 0 saturated carbocycles. The van der Waals surface area contributed by atoms with Gasteiger partial charge >= 0.3 is 0 Å². The van der Waals surface area contributed by atoms with E-state index in [1.807, 2.05) is 6.07 Å². The van der Waals surface area contributed by atoms with E-state index in [2.05, 4.69) is 4.98 Å². The van der Waals surface area contributed by atoms with Gasteiger partial charge in [-0.15, -0.1) is 0 Å². The van der Waals surface area contributed by atoms with Gasteiger partial charge < -0.3 is 9.52 Å². The number of allylic oxidation sites excluding steroid dienone is 1. The van der Waals surface area contributed by atoms with Gasteiger partial charge in [-0.05, 0) is 12.1 Å². The van der Waals surface area contributed by atoms with Gasteiger partial charge in [0.2, 0.25) is 5.89 Å². The van der Waals surface area contributed by atoms with Crippen LogP contribution >= 0.6 is 0 Å². The number of carbonyl (C=O) groups is 1. The second-order valence-corrected chi connectivity index (χ2v) is 2.69.